The molecule has 6 nitrogen and oxygen atoms in total. The molecule has 4 rings (SSSR count). The largest absolute Gasteiger partial charge is 0.352 e. The van der Waals surface area contributed by atoms with Gasteiger partial charge in [-0.3, -0.25) is 14.5 Å². The number of urea groups is 1. The second-order valence-electron chi connectivity index (χ2n) is 9.37. The van der Waals surface area contributed by atoms with Gasteiger partial charge in [0.25, 0.3) is 5.91 Å². The third-order valence-corrected chi connectivity index (χ3v) is 7.58. The van der Waals surface area contributed by atoms with Crippen molar-refractivity contribution in [3.8, 4) is 0 Å². The molecule has 2 bridgehead atoms. The Morgan fingerprint density at radius 1 is 1.15 bits per heavy atom. The summed E-state index contributed by atoms with van der Waals surface area (Å²) < 4.78 is 0. The van der Waals surface area contributed by atoms with E-state index in [2.05, 4.69) is 17.6 Å². The predicted octanol–water partition coefficient (Wildman–Crippen LogP) is 2.96. The number of hydrogen-bond acceptors (Lipinski definition) is 3. The number of nitrogens with zero attached hydrogens (tertiary/aromatic N) is 1. The first-order chi connectivity index (χ1) is 13.0. The minimum absolute atomic E-state index is 0.115. The predicted molar refractivity (Wildman–Crippen MR) is 102 cm³/mol. The van der Waals surface area contributed by atoms with E-state index in [1.54, 1.807) is 0 Å². The van der Waals surface area contributed by atoms with Crippen LogP contribution in [0.15, 0.2) is 0 Å². The molecule has 2 N–H and O–H groups in total. The quantitative estimate of drug-likeness (QED) is 0.742. The van der Waals surface area contributed by atoms with Crippen LogP contribution >= 0.6 is 0 Å². The summed E-state index contributed by atoms with van der Waals surface area (Å²) in [6.45, 7) is 1.92. The van der Waals surface area contributed by atoms with Crippen LogP contribution in [0.25, 0.3) is 0 Å². The Labute approximate surface area is 161 Å². The highest BCUT2D eigenvalue weighted by Crippen LogP contribution is 2.49. The number of nitrogens with one attached hydrogen (secondary N) is 2. The van der Waals surface area contributed by atoms with Crippen molar-refractivity contribution in [1.82, 2.24) is 15.5 Å². The minimum Gasteiger partial charge on any atom is -0.352 e. The van der Waals surface area contributed by atoms with Crippen molar-refractivity contribution in [3.05, 3.63) is 0 Å². The Bertz CT molecular complexity index is 612. The van der Waals surface area contributed by atoms with Crippen LogP contribution in [0.1, 0.15) is 77.6 Å². The molecule has 0 radical (unpaired) electrons. The normalized spacial score (nSPS) is 33.7. The number of imide groups is 1. The van der Waals surface area contributed by atoms with Gasteiger partial charge in [0.1, 0.15) is 12.1 Å². The van der Waals surface area contributed by atoms with Gasteiger partial charge in [0.2, 0.25) is 5.91 Å². The summed E-state index contributed by atoms with van der Waals surface area (Å²) in [5.74, 6) is 1.71. The molecule has 4 aliphatic rings. The van der Waals surface area contributed by atoms with Crippen molar-refractivity contribution in [2.75, 3.05) is 6.54 Å². The molecule has 4 fully saturated rings. The molecule has 0 aromatic heterocycles. The molecule has 0 unspecified atom stereocenters. The summed E-state index contributed by atoms with van der Waals surface area (Å²) in [4.78, 5) is 39.2. The molecule has 1 spiro atoms. The average molecular weight is 376 g/mol. The number of hydrogen-bond donors (Lipinski definition) is 2. The number of rotatable bonds is 4. The molecule has 27 heavy (non-hydrogen) atoms. The highest BCUT2D eigenvalue weighted by Gasteiger charge is 2.51. The first kappa shape index (κ1) is 18.8. The lowest BCUT2D eigenvalue weighted by Crippen LogP contribution is -2.49. The Morgan fingerprint density at radius 3 is 2.48 bits per heavy atom. The van der Waals surface area contributed by atoms with Gasteiger partial charge in [-0.25, -0.2) is 4.79 Å². The van der Waals surface area contributed by atoms with Crippen LogP contribution in [-0.2, 0) is 9.59 Å². The molecular formula is C21H33N3O3. The van der Waals surface area contributed by atoms with Crippen LogP contribution < -0.4 is 10.6 Å². The SMILES string of the molecule is C[C@@H](NC(=O)CN1C(=O)NC2(CCCCCCC2)C1=O)[C@@H]1C[C@H]2CC[C@H]1C2. The zero-order valence-corrected chi connectivity index (χ0v) is 16.5. The van der Waals surface area contributed by atoms with Crippen LogP contribution in [0.4, 0.5) is 4.79 Å². The monoisotopic (exact) mass is 375 g/mol. The van der Waals surface area contributed by atoms with Gasteiger partial charge < -0.3 is 10.6 Å². The van der Waals surface area contributed by atoms with E-state index in [1.807, 2.05) is 0 Å². The second kappa shape index (κ2) is 7.44. The van der Waals surface area contributed by atoms with E-state index in [4.69, 9.17) is 0 Å². The minimum atomic E-state index is -0.770. The highest BCUT2D eigenvalue weighted by atomic mass is 16.2. The van der Waals surface area contributed by atoms with Gasteiger partial charge in [0.05, 0.1) is 0 Å². The van der Waals surface area contributed by atoms with Gasteiger partial charge in [-0.2, -0.15) is 0 Å². The Kier molecular flexibility index (Phi) is 5.17. The van der Waals surface area contributed by atoms with Crippen LogP contribution in [0, 0.1) is 17.8 Å². The fraction of sp³-hybridized carbons (Fsp3) is 0.857. The second-order valence-corrected chi connectivity index (χ2v) is 9.37. The summed E-state index contributed by atoms with van der Waals surface area (Å²) >= 11 is 0. The first-order valence-electron chi connectivity index (χ1n) is 10.9. The summed E-state index contributed by atoms with van der Waals surface area (Å²) in [6, 6.07) is -0.285. The smallest absolute Gasteiger partial charge is 0.325 e. The van der Waals surface area contributed by atoms with Crippen molar-refractivity contribution in [3.63, 3.8) is 0 Å². The summed E-state index contributed by atoms with van der Waals surface area (Å²) in [5.41, 5.74) is -0.770. The van der Waals surface area contributed by atoms with Gasteiger partial charge in [-0.05, 0) is 56.8 Å². The number of carbonyl (C=O) groups excluding carboxylic acids is 3. The summed E-state index contributed by atoms with van der Waals surface area (Å²) in [7, 11) is 0. The molecule has 3 saturated carbocycles. The van der Waals surface area contributed by atoms with Crippen molar-refractivity contribution in [2.45, 2.75) is 89.1 Å². The van der Waals surface area contributed by atoms with Crippen LogP contribution in [0.5, 0.6) is 0 Å². The molecule has 1 aliphatic heterocycles. The molecule has 0 aromatic carbocycles. The van der Waals surface area contributed by atoms with Gasteiger partial charge in [0, 0.05) is 6.04 Å². The van der Waals surface area contributed by atoms with Crippen molar-refractivity contribution in [2.24, 2.45) is 17.8 Å². The summed E-state index contributed by atoms with van der Waals surface area (Å²) in [5, 5.41) is 6.01. The van der Waals surface area contributed by atoms with E-state index in [9.17, 15) is 14.4 Å². The van der Waals surface area contributed by atoms with Crippen molar-refractivity contribution in [1.29, 1.82) is 0 Å². The molecule has 4 amide bonds. The van der Waals surface area contributed by atoms with E-state index < -0.39 is 11.6 Å². The van der Waals surface area contributed by atoms with Crippen molar-refractivity contribution < 1.29 is 14.4 Å². The summed E-state index contributed by atoms with van der Waals surface area (Å²) in [6.07, 6.45) is 11.8. The Morgan fingerprint density at radius 2 is 1.85 bits per heavy atom. The van der Waals surface area contributed by atoms with E-state index in [0.29, 0.717) is 18.8 Å². The third kappa shape index (κ3) is 3.59. The fourth-order valence-electron chi connectivity index (χ4n) is 6.12. The van der Waals surface area contributed by atoms with Gasteiger partial charge in [0.15, 0.2) is 0 Å². The molecule has 0 aromatic rings. The number of fused-ring (bicyclic) bond motifs is 2. The molecule has 6 heteroatoms. The van der Waals surface area contributed by atoms with Crippen LogP contribution in [0.2, 0.25) is 0 Å². The van der Waals surface area contributed by atoms with Gasteiger partial charge >= 0.3 is 6.03 Å². The van der Waals surface area contributed by atoms with Gasteiger partial charge in [-0.15, -0.1) is 0 Å². The average Bonchev–Trinajstić information content (AvgIpc) is 3.29. The third-order valence-electron chi connectivity index (χ3n) is 7.58. The Hall–Kier alpha value is -1.59. The van der Waals surface area contributed by atoms with E-state index >= 15 is 0 Å². The number of amides is 4. The fourth-order valence-corrected chi connectivity index (χ4v) is 6.12. The van der Waals surface area contributed by atoms with E-state index in [0.717, 1.165) is 42.4 Å². The lowest BCUT2D eigenvalue weighted by molar-refractivity contribution is -0.135. The molecule has 150 valence electrons. The van der Waals surface area contributed by atoms with E-state index in [1.165, 1.54) is 32.1 Å². The van der Waals surface area contributed by atoms with Gasteiger partial charge in [-0.1, -0.05) is 38.5 Å². The zero-order chi connectivity index (χ0) is 19.0. The Balaban J connectivity index is 1.35. The lowest BCUT2D eigenvalue weighted by atomic mass is 9.84. The lowest BCUT2D eigenvalue weighted by Gasteiger charge is -2.29. The maximum atomic E-state index is 13.0. The van der Waals surface area contributed by atoms with Crippen LogP contribution in [0.3, 0.4) is 0 Å². The molecular weight excluding hydrogens is 342 g/mol. The van der Waals surface area contributed by atoms with Crippen molar-refractivity contribution >= 4 is 17.8 Å². The highest BCUT2D eigenvalue weighted by molar-refractivity contribution is 6.09. The maximum absolute atomic E-state index is 13.0. The number of carbonyl (C=O) groups is 3. The van der Waals surface area contributed by atoms with Crippen LogP contribution in [-0.4, -0.2) is 40.9 Å². The first-order valence-corrected chi connectivity index (χ1v) is 10.9. The molecule has 3 aliphatic carbocycles. The standard InChI is InChI=1S/C21H33N3O3/c1-14(17-12-15-7-8-16(17)11-15)22-18(25)13-24-19(26)21(23-20(24)27)9-5-3-2-4-6-10-21/h14-17H,2-13H2,1H3,(H,22,25)(H,23,27)/t14-,15+,16+,17+/m1/s1. The zero-order valence-electron chi connectivity index (χ0n) is 16.5. The molecule has 4 atom stereocenters. The maximum Gasteiger partial charge on any atom is 0.325 e. The van der Waals surface area contributed by atoms with E-state index in [-0.39, 0.29) is 24.4 Å². The molecule has 1 saturated heterocycles. The topological polar surface area (TPSA) is 78.5 Å². The molecule has 1 heterocycles.